The lowest BCUT2D eigenvalue weighted by atomic mass is 10.1. The summed E-state index contributed by atoms with van der Waals surface area (Å²) >= 11 is 1.53. The highest BCUT2D eigenvalue weighted by molar-refractivity contribution is 7.09. The van der Waals surface area contributed by atoms with Gasteiger partial charge in [-0.1, -0.05) is 11.3 Å². The maximum absolute atomic E-state index is 13.4. The number of halogens is 3. The van der Waals surface area contributed by atoms with Gasteiger partial charge in [0.05, 0.1) is 10.4 Å². The van der Waals surface area contributed by atoms with Gasteiger partial charge in [0, 0.05) is 13.0 Å². The number of aryl methyl sites for hydroxylation is 1. The summed E-state index contributed by atoms with van der Waals surface area (Å²) in [4.78, 5) is 13.0. The molecule has 0 spiro atoms. The van der Waals surface area contributed by atoms with Crippen molar-refractivity contribution in [2.45, 2.75) is 20.4 Å². The van der Waals surface area contributed by atoms with Crippen molar-refractivity contribution in [1.82, 2.24) is 0 Å². The van der Waals surface area contributed by atoms with Crippen molar-refractivity contribution in [2.75, 3.05) is 0 Å². The molecule has 2 rings (SSSR count). The Hall–Kier alpha value is -1.14. The largest absolute Gasteiger partial charge is 1.00 e. The summed E-state index contributed by atoms with van der Waals surface area (Å²) in [5.74, 6) is -1.86. The predicted molar refractivity (Wildman–Crippen MR) is 64.7 cm³/mol. The number of nitrogens with zero attached hydrogens (tertiary/aromatic N) is 1. The van der Waals surface area contributed by atoms with Gasteiger partial charge in [0.25, 0.3) is 0 Å². The molecule has 2 nitrogen and oxygen atoms in total. The Bertz CT molecular complexity index is 613. The summed E-state index contributed by atoms with van der Waals surface area (Å²) in [5.41, 5.74) is 2.73. The van der Waals surface area contributed by atoms with Crippen LogP contribution in [0.25, 0.3) is 0 Å². The maximum atomic E-state index is 13.4. The van der Waals surface area contributed by atoms with E-state index < -0.39 is 11.6 Å². The van der Waals surface area contributed by atoms with E-state index in [4.69, 9.17) is 0 Å². The van der Waals surface area contributed by atoms with Gasteiger partial charge in [0.15, 0.2) is 5.69 Å². The van der Waals surface area contributed by atoms with Crippen LogP contribution in [-0.2, 0) is 6.54 Å². The van der Waals surface area contributed by atoms with Gasteiger partial charge >= 0.3 is 0 Å². The highest BCUT2D eigenvalue weighted by Gasteiger charge is 2.20. The lowest BCUT2D eigenvalue weighted by Crippen LogP contribution is -3.00. The minimum absolute atomic E-state index is 0. The van der Waals surface area contributed by atoms with Gasteiger partial charge in [0.1, 0.15) is 11.6 Å². The number of rotatable bonds is 3. The Kier molecular flexibility index (Phi) is 5.31. The van der Waals surface area contributed by atoms with Crippen LogP contribution in [0.15, 0.2) is 23.7 Å². The van der Waals surface area contributed by atoms with Crippen LogP contribution in [-0.4, -0.2) is 5.78 Å². The molecule has 0 saturated heterocycles. The van der Waals surface area contributed by atoms with Gasteiger partial charge in [-0.15, -0.1) is 0 Å². The van der Waals surface area contributed by atoms with Crippen LogP contribution in [0.4, 0.5) is 8.78 Å². The smallest absolute Gasteiger partial charge is 0.230 e. The molecule has 6 heteroatoms. The first-order chi connectivity index (χ1) is 8.49. The third kappa shape index (κ3) is 3.45. The molecule has 0 bridgehead atoms. The molecular weight excluding hydrogens is 336 g/mol. The topological polar surface area (TPSA) is 20.9 Å². The van der Waals surface area contributed by atoms with E-state index in [0.29, 0.717) is 0 Å². The standard InChI is InChI=1S/C13H12F2NOS.BrH/c1-8-9(2)18-7-16(8)6-13(17)11-4-3-10(14)5-12(11)15;/h3-5,7H,6H2,1-2H3;1H/q+1;/p-1. The van der Waals surface area contributed by atoms with E-state index >= 15 is 0 Å². The van der Waals surface area contributed by atoms with Crippen LogP contribution in [0.5, 0.6) is 0 Å². The van der Waals surface area contributed by atoms with Gasteiger partial charge in [-0.2, -0.15) is 4.57 Å². The fraction of sp³-hybridized carbons (Fsp3) is 0.231. The molecule has 0 atom stereocenters. The monoisotopic (exact) mass is 347 g/mol. The average molecular weight is 348 g/mol. The number of benzene rings is 1. The number of Topliss-reactive ketones (excluding diaryl/α,β-unsaturated/α-hetero) is 1. The van der Waals surface area contributed by atoms with E-state index in [2.05, 4.69) is 0 Å². The maximum Gasteiger partial charge on any atom is 0.230 e. The summed E-state index contributed by atoms with van der Waals surface area (Å²) in [6, 6.07) is 3.00. The van der Waals surface area contributed by atoms with Crippen molar-refractivity contribution in [2.24, 2.45) is 0 Å². The van der Waals surface area contributed by atoms with Crippen LogP contribution >= 0.6 is 11.3 Å². The first-order valence-electron chi connectivity index (χ1n) is 5.41. The molecule has 0 unspecified atom stereocenters. The molecule has 0 aliphatic heterocycles. The van der Waals surface area contributed by atoms with Crippen molar-refractivity contribution in [3.05, 3.63) is 51.5 Å². The number of hydrogen-bond donors (Lipinski definition) is 0. The van der Waals surface area contributed by atoms with E-state index in [-0.39, 0.29) is 34.9 Å². The summed E-state index contributed by atoms with van der Waals surface area (Å²) in [6.45, 7) is 3.93. The van der Waals surface area contributed by atoms with E-state index in [0.717, 1.165) is 22.7 Å². The van der Waals surface area contributed by atoms with Crippen molar-refractivity contribution >= 4 is 17.1 Å². The minimum atomic E-state index is -0.815. The summed E-state index contributed by atoms with van der Waals surface area (Å²) < 4.78 is 28.0. The molecule has 0 saturated carbocycles. The van der Waals surface area contributed by atoms with E-state index in [1.165, 1.54) is 17.4 Å². The first-order valence-corrected chi connectivity index (χ1v) is 6.29. The highest BCUT2D eigenvalue weighted by atomic mass is 79.9. The molecule has 102 valence electrons. The summed E-state index contributed by atoms with van der Waals surface area (Å²) in [6.07, 6.45) is 0. The second kappa shape index (κ2) is 6.34. The Morgan fingerprint density at radius 3 is 2.53 bits per heavy atom. The van der Waals surface area contributed by atoms with Crippen LogP contribution in [0.1, 0.15) is 20.9 Å². The van der Waals surface area contributed by atoms with E-state index in [9.17, 15) is 13.6 Å². The molecule has 0 radical (unpaired) electrons. The first kappa shape index (κ1) is 15.9. The molecule has 1 aromatic carbocycles. The van der Waals surface area contributed by atoms with Crippen molar-refractivity contribution in [3.63, 3.8) is 0 Å². The van der Waals surface area contributed by atoms with Gasteiger partial charge in [-0.3, -0.25) is 4.79 Å². The Morgan fingerprint density at radius 2 is 2.00 bits per heavy atom. The molecule has 0 aliphatic rings. The van der Waals surface area contributed by atoms with Crippen molar-refractivity contribution in [3.8, 4) is 0 Å². The van der Waals surface area contributed by atoms with Crippen molar-refractivity contribution < 1.29 is 35.1 Å². The number of hydrogen-bond acceptors (Lipinski definition) is 2. The summed E-state index contributed by atoms with van der Waals surface area (Å²) in [7, 11) is 0. The lowest BCUT2D eigenvalue weighted by Gasteiger charge is -2.00. The minimum Gasteiger partial charge on any atom is -1.00 e. The van der Waals surface area contributed by atoms with Crippen molar-refractivity contribution in [1.29, 1.82) is 0 Å². The normalized spacial score (nSPS) is 10.1. The molecule has 2 aromatic rings. The van der Waals surface area contributed by atoms with Gasteiger partial charge in [0.2, 0.25) is 17.8 Å². The quantitative estimate of drug-likeness (QED) is 0.557. The number of ketones is 1. The Balaban J connectivity index is 0.00000180. The van der Waals surface area contributed by atoms with Gasteiger partial charge in [-0.05, 0) is 19.1 Å². The molecule has 1 heterocycles. The van der Waals surface area contributed by atoms with Gasteiger partial charge < -0.3 is 17.0 Å². The molecule has 1 aromatic heterocycles. The third-order valence-electron chi connectivity index (χ3n) is 2.84. The van der Waals surface area contributed by atoms with Crippen LogP contribution in [0.2, 0.25) is 0 Å². The Morgan fingerprint density at radius 1 is 1.32 bits per heavy atom. The SMILES string of the molecule is Cc1sc[n+](CC(=O)c2ccc(F)cc2F)c1C.[Br-]. The van der Waals surface area contributed by atoms with Crippen LogP contribution in [0.3, 0.4) is 0 Å². The van der Waals surface area contributed by atoms with E-state index in [1.54, 1.807) is 4.57 Å². The zero-order valence-corrected chi connectivity index (χ0v) is 12.8. The fourth-order valence-corrected chi connectivity index (χ4v) is 2.43. The molecule has 19 heavy (non-hydrogen) atoms. The van der Waals surface area contributed by atoms with Crippen LogP contribution in [0, 0.1) is 25.5 Å². The second-order valence-electron chi connectivity index (χ2n) is 4.04. The molecule has 0 aliphatic carbocycles. The average Bonchev–Trinajstić information content (AvgIpc) is 2.61. The molecular formula is C13H12BrF2NOS. The van der Waals surface area contributed by atoms with Crippen LogP contribution < -0.4 is 21.5 Å². The molecule has 0 fully saturated rings. The third-order valence-corrected chi connectivity index (χ3v) is 3.85. The second-order valence-corrected chi connectivity index (χ2v) is 5.10. The fourth-order valence-electron chi connectivity index (χ4n) is 1.62. The van der Waals surface area contributed by atoms with E-state index in [1.807, 2.05) is 19.4 Å². The number of carbonyl (C=O) groups is 1. The lowest BCUT2D eigenvalue weighted by molar-refractivity contribution is -0.684. The predicted octanol–water partition coefficient (Wildman–Crippen LogP) is -0.182. The number of carbonyl (C=O) groups excluding carboxylic acids is 1. The highest BCUT2D eigenvalue weighted by Crippen LogP contribution is 2.12. The molecule has 0 amide bonds. The number of thiazole rings is 1. The Labute approximate surface area is 124 Å². The van der Waals surface area contributed by atoms with Gasteiger partial charge in [-0.25, -0.2) is 8.78 Å². The summed E-state index contributed by atoms with van der Waals surface area (Å²) in [5, 5.41) is 0. The molecule has 0 N–H and O–H groups in total. The zero-order valence-electron chi connectivity index (χ0n) is 10.4. The zero-order chi connectivity index (χ0) is 13.3. The number of aromatic nitrogens is 1.